The number of hydrogen-bond donors (Lipinski definition) is 2. The van der Waals surface area contributed by atoms with Crippen molar-refractivity contribution in [1.82, 2.24) is 20.2 Å². The molecule has 4 heterocycles. The number of methoxy groups -OCH3 is 1. The maximum atomic E-state index is 13.2. The molecule has 3 fully saturated rings. The van der Waals surface area contributed by atoms with Crippen LogP contribution in [0.3, 0.4) is 0 Å². The molecule has 1 unspecified atom stereocenters. The summed E-state index contributed by atoms with van der Waals surface area (Å²) in [5.74, 6) is 0.159. The number of hydrogen-bond acceptors (Lipinski definition) is 9. The van der Waals surface area contributed by atoms with Crippen molar-refractivity contribution in [3.63, 3.8) is 0 Å². The van der Waals surface area contributed by atoms with Crippen LogP contribution >= 0.6 is 0 Å². The Morgan fingerprint density at radius 2 is 1.88 bits per heavy atom. The molecule has 1 amide bonds. The third-order valence-corrected chi connectivity index (χ3v) is 8.07. The zero-order valence-electron chi connectivity index (χ0n) is 23.6. The highest BCUT2D eigenvalue weighted by Crippen LogP contribution is 2.33. The zero-order valence-corrected chi connectivity index (χ0v) is 23.6. The number of alkyl halides is 3. The fourth-order valence-corrected chi connectivity index (χ4v) is 5.82. The van der Waals surface area contributed by atoms with E-state index >= 15 is 0 Å². The van der Waals surface area contributed by atoms with Crippen LogP contribution in [-0.4, -0.2) is 91.4 Å². The van der Waals surface area contributed by atoms with Crippen LogP contribution in [0.15, 0.2) is 36.7 Å². The first-order valence-corrected chi connectivity index (χ1v) is 14.5. The van der Waals surface area contributed by atoms with Gasteiger partial charge in [0.25, 0.3) is 5.91 Å². The van der Waals surface area contributed by atoms with Gasteiger partial charge in [-0.15, -0.1) is 13.2 Å². The number of benzene rings is 1. The highest BCUT2D eigenvalue weighted by atomic mass is 19.4. The van der Waals surface area contributed by atoms with Crippen molar-refractivity contribution in [3.8, 4) is 5.75 Å². The van der Waals surface area contributed by atoms with Gasteiger partial charge in [-0.05, 0) is 56.2 Å². The van der Waals surface area contributed by atoms with Crippen LogP contribution < -0.4 is 15.4 Å². The first-order valence-electron chi connectivity index (χ1n) is 14.5. The number of amides is 1. The van der Waals surface area contributed by atoms with Gasteiger partial charge in [0.15, 0.2) is 0 Å². The molecule has 13 heteroatoms. The molecule has 2 aromatic rings. The summed E-state index contributed by atoms with van der Waals surface area (Å²) in [5, 5.41) is 6.96. The van der Waals surface area contributed by atoms with Crippen molar-refractivity contribution in [3.05, 3.63) is 47.9 Å². The molecule has 3 saturated heterocycles. The van der Waals surface area contributed by atoms with Gasteiger partial charge in [-0.25, -0.2) is 9.97 Å². The van der Waals surface area contributed by atoms with Crippen LogP contribution in [0.5, 0.6) is 5.75 Å². The SMILES string of the molecule is CO[C@@H]1COCC[C@@H]1NC1CCN(C(=O)c2cc(NCC3CCC[C@@H](c4ccc(OC(F)(F)F)cc4)O3)ncn2)CC1. The Hall–Kier alpha value is -3.00. The van der Waals surface area contributed by atoms with E-state index in [4.69, 9.17) is 14.2 Å². The minimum absolute atomic E-state index is 0.0449. The third kappa shape index (κ3) is 8.30. The van der Waals surface area contributed by atoms with E-state index in [1.165, 1.54) is 18.5 Å². The second-order valence-electron chi connectivity index (χ2n) is 10.9. The second kappa shape index (κ2) is 14.0. The fraction of sp³-hybridized carbons (Fsp3) is 0.621. The average molecular weight is 594 g/mol. The summed E-state index contributed by atoms with van der Waals surface area (Å²) in [7, 11) is 1.71. The highest BCUT2D eigenvalue weighted by molar-refractivity contribution is 5.93. The summed E-state index contributed by atoms with van der Waals surface area (Å²) in [6.07, 6.45) is 1.50. The van der Waals surface area contributed by atoms with Crippen LogP contribution in [0.25, 0.3) is 0 Å². The summed E-state index contributed by atoms with van der Waals surface area (Å²) in [6.45, 7) is 3.09. The minimum atomic E-state index is -4.72. The number of halogens is 3. The Balaban J connectivity index is 1.09. The lowest BCUT2D eigenvalue weighted by Crippen LogP contribution is -2.54. The lowest BCUT2D eigenvalue weighted by atomic mass is 9.98. The third-order valence-electron chi connectivity index (χ3n) is 8.07. The molecular weight excluding hydrogens is 555 g/mol. The standard InChI is InChI=1S/C29H38F3N5O5/c1-39-26-17-40-14-11-23(26)36-20-9-12-37(13-10-20)28(38)24-15-27(35-18-34-24)33-16-22-3-2-4-25(41-22)19-5-7-21(8-6-19)42-29(30,31)32/h5-8,15,18,20,22-23,25-26,36H,2-4,9-14,16-17H2,1H3,(H,33,34,35)/t22?,23-,25-,26+/m0/s1. The van der Waals surface area contributed by atoms with Crippen molar-refractivity contribution in [2.75, 3.05) is 45.3 Å². The number of aromatic nitrogens is 2. The fourth-order valence-electron chi connectivity index (χ4n) is 5.82. The predicted octanol–water partition coefficient (Wildman–Crippen LogP) is 4.10. The Labute approximate surface area is 243 Å². The van der Waals surface area contributed by atoms with E-state index in [9.17, 15) is 18.0 Å². The van der Waals surface area contributed by atoms with Gasteiger partial charge in [0.1, 0.15) is 23.6 Å². The molecule has 5 rings (SSSR count). The molecule has 0 saturated carbocycles. The molecule has 42 heavy (non-hydrogen) atoms. The van der Waals surface area contributed by atoms with Gasteiger partial charge >= 0.3 is 6.36 Å². The number of piperidine rings is 1. The lowest BCUT2D eigenvalue weighted by Gasteiger charge is -2.38. The second-order valence-corrected chi connectivity index (χ2v) is 10.9. The number of carbonyl (C=O) groups is 1. The number of nitrogens with zero attached hydrogens (tertiary/aromatic N) is 3. The minimum Gasteiger partial charge on any atom is -0.406 e. The van der Waals surface area contributed by atoms with Crippen LogP contribution in [0, 0.1) is 0 Å². The van der Waals surface area contributed by atoms with E-state index in [1.807, 2.05) is 4.90 Å². The van der Waals surface area contributed by atoms with Crippen molar-refractivity contribution >= 4 is 11.7 Å². The molecule has 0 spiro atoms. The largest absolute Gasteiger partial charge is 0.573 e. The van der Waals surface area contributed by atoms with Gasteiger partial charge in [0.05, 0.1) is 24.9 Å². The molecule has 0 aliphatic carbocycles. The number of likely N-dealkylation sites (tertiary alicyclic amines) is 1. The summed E-state index contributed by atoms with van der Waals surface area (Å²) >= 11 is 0. The highest BCUT2D eigenvalue weighted by Gasteiger charge is 2.32. The number of ether oxygens (including phenoxy) is 4. The Bertz CT molecular complexity index is 1160. The topological polar surface area (TPSA) is 107 Å². The van der Waals surface area contributed by atoms with Crippen LogP contribution in [0.4, 0.5) is 19.0 Å². The quantitative estimate of drug-likeness (QED) is 0.445. The van der Waals surface area contributed by atoms with E-state index < -0.39 is 6.36 Å². The zero-order chi connectivity index (χ0) is 29.5. The van der Waals surface area contributed by atoms with Gasteiger partial charge in [-0.3, -0.25) is 4.79 Å². The molecule has 1 aromatic carbocycles. The molecule has 230 valence electrons. The van der Waals surface area contributed by atoms with Crippen molar-refractivity contribution in [1.29, 1.82) is 0 Å². The number of anilines is 1. The summed E-state index contributed by atoms with van der Waals surface area (Å²) < 4.78 is 58.6. The maximum Gasteiger partial charge on any atom is 0.573 e. The molecule has 3 aliphatic heterocycles. The van der Waals surface area contributed by atoms with Crippen LogP contribution in [0.1, 0.15) is 60.7 Å². The smallest absolute Gasteiger partial charge is 0.406 e. The Morgan fingerprint density at radius 1 is 1.10 bits per heavy atom. The normalized spacial score (nSPS) is 25.7. The first-order chi connectivity index (χ1) is 20.3. The van der Waals surface area contributed by atoms with Gasteiger partial charge in [0, 0.05) is 51.5 Å². The maximum absolute atomic E-state index is 13.2. The molecule has 2 N–H and O–H groups in total. The predicted molar refractivity (Wildman–Crippen MR) is 147 cm³/mol. The van der Waals surface area contributed by atoms with Crippen molar-refractivity contribution in [2.24, 2.45) is 0 Å². The van der Waals surface area contributed by atoms with E-state index in [2.05, 4.69) is 25.3 Å². The van der Waals surface area contributed by atoms with Crippen LogP contribution in [-0.2, 0) is 14.2 Å². The van der Waals surface area contributed by atoms with Crippen molar-refractivity contribution in [2.45, 2.75) is 75.3 Å². The van der Waals surface area contributed by atoms with E-state index in [0.717, 1.165) is 50.7 Å². The van der Waals surface area contributed by atoms with Crippen molar-refractivity contribution < 1.29 is 36.9 Å². The summed E-state index contributed by atoms with van der Waals surface area (Å²) in [5.41, 5.74) is 1.14. The molecule has 3 aliphatic rings. The van der Waals surface area contributed by atoms with E-state index in [-0.39, 0.29) is 36.0 Å². The van der Waals surface area contributed by atoms with Gasteiger partial charge in [-0.1, -0.05) is 12.1 Å². The monoisotopic (exact) mass is 593 g/mol. The summed E-state index contributed by atoms with van der Waals surface area (Å²) in [6, 6.07) is 8.05. The van der Waals surface area contributed by atoms with Gasteiger partial charge < -0.3 is 34.5 Å². The Kier molecular flexibility index (Phi) is 10.1. The Morgan fingerprint density at radius 3 is 2.62 bits per heavy atom. The number of nitrogens with one attached hydrogen (secondary N) is 2. The summed E-state index contributed by atoms with van der Waals surface area (Å²) in [4.78, 5) is 23.5. The molecular formula is C29H38F3N5O5. The van der Waals surface area contributed by atoms with Gasteiger partial charge in [-0.2, -0.15) is 0 Å². The van der Waals surface area contributed by atoms with Gasteiger partial charge in [0.2, 0.25) is 0 Å². The first kappa shape index (κ1) is 30.5. The number of rotatable bonds is 9. The number of carbonyl (C=O) groups excluding carboxylic acids is 1. The molecule has 10 nitrogen and oxygen atoms in total. The average Bonchev–Trinajstić information content (AvgIpc) is 3.00. The van der Waals surface area contributed by atoms with E-state index in [0.29, 0.717) is 43.8 Å². The molecule has 0 bridgehead atoms. The van der Waals surface area contributed by atoms with Crippen LogP contribution in [0.2, 0.25) is 0 Å². The lowest BCUT2D eigenvalue weighted by molar-refractivity contribution is -0.274. The molecule has 4 atom stereocenters. The van der Waals surface area contributed by atoms with E-state index in [1.54, 1.807) is 25.3 Å². The molecule has 1 aromatic heterocycles. The molecule has 0 radical (unpaired) electrons.